The van der Waals surface area contributed by atoms with Gasteiger partial charge in [-0.25, -0.2) is 0 Å². The number of ether oxygens (including phenoxy) is 5. The highest BCUT2D eigenvalue weighted by atomic mass is 16.5. The van der Waals surface area contributed by atoms with Crippen molar-refractivity contribution in [1.82, 2.24) is 0 Å². The molecule has 0 aromatic heterocycles. The van der Waals surface area contributed by atoms with Crippen LogP contribution in [-0.4, -0.2) is 145 Å². The minimum absolute atomic E-state index is 0.00905. The van der Waals surface area contributed by atoms with Crippen molar-refractivity contribution in [3.63, 3.8) is 0 Å². The molecule has 0 bridgehead atoms. The van der Waals surface area contributed by atoms with Gasteiger partial charge in [-0.2, -0.15) is 0 Å². The van der Waals surface area contributed by atoms with Crippen molar-refractivity contribution in [2.75, 3.05) is 72.7 Å². The summed E-state index contributed by atoms with van der Waals surface area (Å²) in [4.78, 5) is 0. The van der Waals surface area contributed by atoms with Crippen LogP contribution in [0.4, 0.5) is 0 Å². The van der Waals surface area contributed by atoms with Crippen molar-refractivity contribution in [3.05, 3.63) is 0 Å². The second-order valence-corrected chi connectivity index (χ2v) is 6.99. The number of aliphatic hydroxyl groups excluding tert-OH is 7. The molecule has 6 atom stereocenters. The molecule has 0 radical (unpaired) electrons. The Kier molecular flexibility index (Phi) is 18.9. The van der Waals surface area contributed by atoms with Crippen LogP contribution in [0, 0.1) is 0 Å². The molecule has 0 amide bonds. The monoisotopic (exact) mass is 446 g/mol. The van der Waals surface area contributed by atoms with Crippen LogP contribution in [0.3, 0.4) is 0 Å². The lowest BCUT2D eigenvalue weighted by Crippen LogP contribution is -2.31. The van der Waals surface area contributed by atoms with Gasteiger partial charge in [0.15, 0.2) is 0 Å². The van der Waals surface area contributed by atoms with E-state index in [1.165, 1.54) is 0 Å². The van der Waals surface area contributed by atoms with E-state index in [0.29, 0.717) is 0 Å². The van der Waals surface area contributed by atoms with Gasteiger partial charge in [0.2, 0.25) is 0 Å². The molecule has 0 aliphatic carbocycles. The Morgan fingerprint density at radius 1 is 0.433 bits per heavy atom. The summed E-state index contributed by atoms with van der Waals surface area (Å²) in [5, 5.41) is 65.3. The molecule has 0 aromatic carbocycles. The summed E-state index contributed by atoms with van der Waals surface area (Å²) in [5.41, 5.74) is 0. The third-order valence-electron chi connectivity index (χ3n) is 3.36. The van der Waals surface area contributed by atoms with E-state index in [-0.39, 0.29) is 66.1 Å². The quantitative estimate of drug-likeness (QED) is 0.0914. The SMILES string of the molecule is CC(O)COCC(O)COCC(O)COCC(O)COCC(O)COCC(O)CO. The normalized spacial score (nSPS) is 18.0. The summed E-state index contributed by atoms with van der Waals surface area (Å²) >= 11 is 0. The molecule has 0 saturated heterocycles. The molecule has 12 heteroatoms. The number of hydrogen-bond acceptors (Lipinski definition) is 12. The Bertz CT molecular complexity index is 373. The molecule has 6 unspecified atom stereocenters. The summed E-state index contributed by atoms with van der Waals surface area (Å²) in [5.74, 6) is 0. The van der Waals surface area contributed by atoms with Gasteiger partial charge < -0.3 is 59.4 Å². The molecule has 30 heavy (non-hydrogen) atoms. The number of hydrogen-bond donors (Lipinski definition) is 7. The first-order valence-corrected chi connectivity index (χ1v) is 9.82. The maximum atomic E-state index is 9.72. The van der Waals surface area contributed by atoms with Crippen LogP contribution in [0.5, 0.6) is 0 Å². The highest BCUT2D eigenvalue weighted by molar-refractivity contribution is 4.59. The molecule has 0 aliphatic heterocycles. The van der Waals surface area contributed by atoms with Crippen molar-refractivity contribution >= 4 is 0 Å². The molecule has 0 heterocycles. The van der Waals surface area contributed by atoms with Crippen molar-refractivity contribution in [1.29, 1.82) is 0 Å². The fraction of sp³-hybridized carbons (Fsp3) is 1.00. The van der Waals surface area contributed by atoms with Crippen LogP contribution in [0.25, 0.3) is 0 Å². The van der Waals surface area contributed by atoms with Crippen molar-refractivity contribution in [2.24, 2.45) is 0 Å². The van der Waals surface area contributed by atoms with Crippen molar-refractivity contribution in [2.45, 2.75) is 43.5 Å². The highest BCUT2D eigenvalue weighted by Gasteiger charge is 2.12. The van der Waals surface area contributed by atoms with Crippen LogP contribution in [0.15, 0.2) is 0 Å². The van der Waals surface area contributed by atoms with Gasteiger partial charge in [-0.05, 0) is 6.92 Å². The van der Waals surface area contributed by atoms with Crippen molar-refractivity contribution < 1.29 is 59.4 Å². The largest absolute Gasteiger partial charge is 0.394 e. The predicted octanol–water partition coefficient (Wildman–Crippen LogP) is -3.75. The third-order valence-corrected chi connectivity index (χ3v) is 3.36. The molecular weight excluding hydrogens is 408 g/mol. The van der Waals surface area contributed by atoms with E-state index >= 15 is 0 Å². The lowest BCUT2D eigenvalue weighted by Gasteiger charge is -2.17. The molecule has 0 rings (SSSR count). The summed E-state index contributed by atoms with van der Waals surface area (Å²) < 4.78 is 25.4. The Labute approximate surface area is 176 Å². The van der Waals surface area contributed by atoms with Gasteiger partial charge in [-0.3, -0.25) is 0 Å². The molecule has 0 aromatic rings. The average Bonchev–Trinajstić information content (AvgIpc) is 2.67. The van der Waals surface area contributed by atoms with Crippen molar-refractivity contribution in [3.8, 4) is 0 Å². The minimum atomic E-state index is -1.00. The first-order valence-electron chi connectivity index (χ1n) is 9.82. The highest BCUT2D eigenvalue weighted by Crippen LogP contribution is 1.96. The fourth-order valence-electron chi connectivity index (χ4n) is 1.98. The maximum Gasteiger partial charge on any atom is 0.101 e. The van der Waals surface area contributed by atoms with E-state index in [0.717, 1.165) is 0 Å². The Balaban J connectivity index is 3.58. The second-order valence-electron chi connectivity index (χ2n) is 6.99. The molecule has 182 valence electrons. The van der Waals surface area contributed by atoms with E-state index in [1.807, 2.05) is 0 Å². The van der Waals surface area contributed by atoms with E-state index in [4.69, 9.17) is 39.0 Å². The number of aliphatic hydroxyl groups is 7. The topological polar surface area (TPSA) is 188 Å². The van der Waals surface area contributed by atoms with Gasteiger partial charge in [0.25, 0.3) is 0 Å². The molecule has 0 fully saturated rings. The van der Waals surface area contributed by atoms with Crippen LogP contribution >= 0.6 is 0 Å². The molecule has 12 nitrogen and oxygen atoms in total. The van der Waals surface area contributed by atoms with Gasteiger partial charge >= 0.3 is 0 Å². The van der Waals surface area contributed by atoms with E-state index < -0.39 is 43.2 Å². The lowest BCUT2D eigenvalue weighted by atomic mass is 10.3. The van der Waals surface area contributed by atoms with Gasteiger partial charge in [0.05, 0.1) is 78.8 Å². The van der Waals surface area contributed by atoms with Crippen LogP contribution < -0.4 is 0 Å². The van der Waals surface area contributed by atoms with E-state index in [2.05, 4.69) is 0 Å². The average molecular weight is 446 g/mol. The van der Waals surface area contributed by atoms with Crippen LogP contribution in [0.2, 0.25) is 0 Å². The Morgan fingerprint density at radius 2 is 0.667 bits per heavy atom. The van der Waals surface area contributed by atoms with Gasteiger partial charge in [-0.1, -0.05) is 0 Å². The summed E-state index contributed by atoms with van der Waals surface area (Å²) in [6.07, 6.45) is -5.36. The summed E-state index contributed by atoms with van der Waals surface area (Å²) in [6, 6.07) is 0. The molecule has 0 aliphatic rings. The summed E-state index contributed by atoms with van der Waals surface area (Å²) in [6.45, 7) is 0.580. The molecule has 0 saturated carbocycles. The lowest BCUT2D eigenvalue weighted by molar-refractivity contribution is -0.0829. The fourth-order valence-corrected chi connectivity index (χ4v) is 1.98. The molecular formula is C18H38O12. The second kappa shape index (κ2) is 19.2. The third kappa shape index (κ3) is 19.5. The van der Waals surface area contributed by atoms with E-state index in [1.54, 1.807) is 6.92 Å². The van der Waals surface area contributed by atoms with Crippen LogP contribution in [-0.2, 0) is 23.7 Å². The predicted molar refractivity (Wildman–Crippen MR) is 103 cm³/mol. The van der Waals surface area contributed by atoms with Crippen LogP contribution in [0.1, 0.15) is 6.92 Å². The number of rotatable bonds is 21. The smallest absolute Gasteiger partial charge is 0.101 e. The maximum absolute atomic E-state index is 9.72. The zero-order chi connectivity index (χ0) is 22.8. The Morgan fingerprint density at radius 3 is 0.900 bits per heavy atom. The molecule has 7 N–H and O–H groups in total. The first kappa shape index (κ1) is 29.5. The minimum Gasteiger partial charge on any atom is -0.394 e. The van der Waals surface area contributed by atoms with E-state index in [9.17, 15) is 20.4 Å². The van der Waals surface area contributed by atoms with Gasteiger partial charge in [-0.15, -0.1) is 0 Å². The molecule has 0 spiro atoms. The van der Waals surface area contributed by atoms with Gasteiger partial charge in [0, 0.05) is 0 Å². The standard InChI is InChI=1S/C18H38O12/c1-13(20)3-26-5-15(22)7-28-9-17(24)11-30-12-18(25)10-29-8-16(23)6-27-4-14(21)2-19/h13-25H,2-12H2,1H3. The zero-order valence-electron chi connectivity index (χ0n) is 17.4. The summed E-state index contributed by atoms with van der Waals surface area (Å²) in [7, 11) is 0. The van der Waals surface area contributed by atoms with Gasteiger partial charge in [0.1, 0.15) is 30.5 Å². The zero-order valence-corrected chi connectivity index (χ0v) is 17.4. The first-order chi connectivity index (χ1) is 14.2. The Hall–Kier alpha value is -0.480.